The second-order valence-corrected chi connectivity index (χ2v) is 5.15. The Labute approximate surface area is 99.7 Å². The van der Waals surface area contributed by atoms with Gasteiger partial charge in [-0.05, 0) is 34.1 Å². The second kappa shape index (κ2) is 6.43. The SMILES string of the molecule is CCCC/C=C/B(O)OC(C)(C)C(C)(C)O. The lowest BCUT2D eigenvalue weighted by Gasteiger charge is -2.38. The zero-order valence-electron chi connectivity index (χ0n) is 11.2. The lowest BCUT2D eigenvalue weighted by Crippen LogP contribution is -2.50. The van der Waals surface area contributed by atoms with E-state index in [1.54, 1.807) is 33.7 Å². The highest BCUT2D eigenvalue weighted by molar-refractivity contribution is 6.49. The quantitative estimate of drug-likeness (QED) is 0.519. The Hall–Kier alpha value is -0.315. The Bertz CT molecular complexity index is 219. The first-order valence-corrected chi connectivity index (χ1v) is 5.95. The molecule has 0 aliphatic carbocycles. The van der Waals surface area contributed by atoms with Gasteiger partial charge in [0, 0.05) is 0 Å². The molecule has 0 fully saturated rings. The zero-order valence-corrected chi connectivity index (χ0v) is 11.2. The van der Waals surface area contributed by atoms with E-state index in [1.807, 2.05) is 6.08 Å². The van der Waals surface area contributed by atoms with E-state index >= 15 is 0 Å². The van der Waals surface area contributed by atoms with Gasteiger partial charge in [0.25, 0.3) is 0 Å². The highest BCUT2D eigenvalue weighted by Gasteiger charge is 2.38. The fourth-order valence-electron chi connectivity index (χ4n) is 1.02. The largest absolute Gasteiger partial charge is 0.483 e. The predicted molar refractivity (Wildman–Crippen MR) is 68.1 cm³/mol. The van der Waals surface area contributed by atoms with Crippen LogP contribution in [-0.2, 0) is 4.65 Å². The second-order valence-electron chi connectivity index (χ2n) is 5.15. The minimum Gasteiger partial charge on any atom is -0.423 e. The smallest absolute Gasteiger partial charge is 0.423 e. The van der Waals surface area contributed by atoms with Gasteiger partial charge in [-0.3, -0.25) is 0 Å². The molecule has 0 aromatic rings. The molecule has 94 valence electrons. The van der Waals surface area contributed by atoms with Gasteiger partial charge in [0.15, 0.2) is 0 Å². The Morgan fingerprint density at radius 3 is 2.25 bits per heavy atom. The zero-order chi connectivity index (χ0) is 12.8. The molecule has 0 spiro atoms. The van der Waals surface area contributed by atoms with Crippen LogP contribution in [0.5, 0.6) is 0 Å². The van der Waals surface area contributed by atoms with Crippen molar-refractivity contribution in [1.29, 1.82) is 0 Å². The molecule has 0 atom stereocenters. The molecule has 0 aromatic heterocycles. The topological polar surface area (TPSA) is 49.7 Å². The third-order valence-corrected chi connectivity index (χ3v) is 2.91. The van der Waals surface area contributed by atoms with Crippen molar-refractivity contribution in [2.24, 2.45) is 0 Å². The van der Waals surface area contributed by atoms with E-state index in [0.717, 1.165) is 19.3 Å². The van der Waals surface area contributed by atoms with Crippen LogP contribution in [0, 0.1) is 0 Å². The van der Waals surface area contributed by atoms with Crippen LogP contribution in [0.1, 0.15) is 53.9 Å². The van der Waals surface area contributed by atoms with Gasteiger partial charge in [-0.15, -0.1) is 0 Å². The minimum atomic E-state index is -0.995. The number of rotatable bonds is 7. The normalized spacial score (nSPS) is 13.4. The summed E-state index contributed by atoms with van der Waals surface area (Å²) in [5.74, 6) is 1.63. The standard InChI is InChI=1S/C12H25BO3/c1-6-7-8-9-10-13(15)16-12(4,5)11(2,3)14/h9-10,14-15H,6-8H2,1-5H3/b10-9+. The molecule has 16 heavy (non-hydrogen) atoms. The van der Waals surface area contributed by atoms with Gasteiger partial charge in [0.05, 0.1) is 11.2 Å². The van der Waals surface area contributed by atoms with Crippen molar-refractivity contribution in [3.05, 3.63) is 12.1 Å². The molecular formula is C12H25BO3. The van der Waals surface area contributed by atoms with Crippen LogP contribution >= 0.6 is 0 Å². The van der Waals surface area contributed by atoms with Gasteiger partial charge in [0.1, 0.15) is 0 Å². The van der Waals surface area contributed by atoms with E-state index in [2.05, 4.69) is 6.92 Å². The molecule has 4 heteroatoms. The first kappa shape index (κ1) is 15.7. The maximum absolute atomic E-state index is 9.84. The molecule has 0 radical (unpaired) electrons. The predicted octanol–water partition coefficient (Wildman–Crippen LogP) is 2.32. The molecule has 0 aromatic carbocycles. The number of aliphatic hydroxyl groups is 1. The summed E-state index contributed by atoms with van der Waals surface area (Å²) in [5, 5.41) is 19.5. The van der Waals surface area contributed by atoms with Crippen molar-refractivity contribution in [3.63, 3.8) is 0 Å². The third-order valence-electron chi connectivity index (χ3n) is 2.91. The number of unbranched alkanes of at least 4 members (excludes halogenated alkanes) is 2. The van der Waals surface area contributed by atoms with Gasteiger partial charge in [-0.25, -0.2) is 0 Å². The Kier molecular flexibility index (Phi) is 6.30. The molecule has 3 nitrogen and oxygen atoms in total. The molecule has 0 bridgehead atoms. The maximum atomic E-state index is 9.84. The summed E-state index contributed by atoms with van der Waals surface area (Å²) in [7, 11) is -0.960. The Morgan fingerprint density at radius 2 is 1.81 bits per heavy atom. The van der Waals surface area contributed by atoms with Crippen molar-refractivity contribution >= 4 is 7.12 Å². The number of hydrogen-bond donors (Lipinski definition) is 2. The fraction of sp³-hybridized carbons (Fsp3) is 0.833. The Morgan fingerprint density at radius 1 is 1.25 bits per heavy atom. The molecule has 2 N–H and O–H groups in total. The first-order chi connectivity index (χ1) is 7.20. The van der Waals surface area contributed by atoms with Gasteiger partial charge in [-0.1, -0.05) is 31.8 Å². The monoisotopic (exact) mass is 228 g/mol. The summed E-state index contributed by atoms with van der Waals surface area (Å²) in [5.41, 5.74) is -1.78. The molecule has 0 amide bonds. The molecular weight excluding hydrogens is 203 g/mol. The van der Waals surface area contributed by atoms with E-state index in [9.17, 15) is 10.1 Å². The molecule has 0 saturated carbocycles. The molecule has 0 unspecified atom stereocenters. The summed E-state index contributed by atoms with van der Waals surface area (Å²) >= 11 is 0. The highest BCUT2D eigenvalue weighted by Crippen LogP contribution is 2.25. The van der Waals surface area contributed by atoms with Gasteiger partial charge >= 0.3 is 7.12 Å². The van der Waals surface area contributed by atoms with E-state index in [4.69, 9.17) is 4.65 Å². The van der Waals surface area contributed by atoms with Gasteiger partial charge < -0.3 is 14.8 Å². The lowest BCUT2D eigenvalue weighted by atomic mass is 9.83. The van der Waals surface area contributed by atoms with Crippen molar-refractivity contribution in [2.75, 3.05) is 0 Å². The van der Waals surface area contributed by atoms with Crippen LogP contribution in [0.2, 0.25) is 0 Å². The number of allylic oxidation sites excluding steroid dienone is 1. The van der Waals surface area contributed by atoms with Crippen LogP contribution in [0.15, 0.2) is 12.1 Å². The third kappa shape index (κ3) is 5.68. The maximum Gasteiger partial charge on any atom is 0.483 e. The fourth-order valence-corrected chi connectivity index (χ4v) is 1.02. The molecule has 0 rings (SSSR count). The number of hydrogen-bond acceptors (Lipinski definition) is 3. The highest BCUT2D eigenvalue weighted by atomic mass is 16.5. The van der Waals surface area contributed by atoms with Crippen LogP contribution in [0.3, 0.4) is 0 Å². The van der Waals surface area contributed by atoms with E-state index < -0.39 is 18.3 Å². The van der Waals surface area contributed by atoms with Crippen LogP contribution in [0.4, 0.5) is 0 Å². The van der Waals surface area contributed by atoms with Crippen LogP contribution < -0.4 is 0 Å². The van der Waals surface area contributed by atoms with Crippen LogP contribution in [-0.4, -0.2) is 28.5 Å². The molecule has 0 heterocycles. The summed E-state index contributed by atoms with van der Waals surface area (Å²) in [4.78, 5) is 0. The van der Waals surface area contributed by atoms with Crippen molar-refractivity contribution in [1.82, 2.24) is 0 Å². The Balaban J connectivity index is 4.13. The summed E-state index contributed by atoms with van der Waals surface area (Å²) in [6.07, 6.45) is 5.10. The van der Waals surface area contributed by atoms with Gasteiger partial charge in [0.2, 0.25) is 0 Å². The van der Waals surface area contributed by atoms with Crippen molar-refractivity contribution < 1.29 is 14.8 Å². The molecule has 0 saturated heterocycles. The molecule has 0 aliphatic rings. The van der Waals surface area contributed by atoms with Crippen LogP contribution in [0.25, 0.3) is 0 Å². The first-order valence-electron chi connectivity index (χ1n) is 5.95. The lowest BCUT2D eigenvalue weighted by molar-refractivity contribution is -0.0984. The van der Waals surface area contributed by atoms with E-state index in [-0.39, 0.29) is 0 Å². The summed E-state index contributed by atoms with van der Waals surface area (Å²) < 4.78 is 5.40. The average Bonchev–Trinajstić information content (AvgIpc) is 2.10. The molecule has 0 aliphatic heterocycles. The minimum absolute atomic E-state index is 0.790. The summed E-state index contributed by atoms with van der Waals surface area (Å²) in [6, 6.07) is 0. The summed E-state index contributed by atoms with van der Waals surface area (Å²) in [6.45, 7) is 8.98. The van der Waals surface area contributed by atoms with E-state index in [1.165, 1.54) is 0 Å². The van der Waals surface area contributed by atoms with Crippen molar-refractivity contribution in [3.8, 4) is 0 Å². The van der Waals surface area contributed by atoms with E-state index in [0.29, 0.717) is 0 Å². The van der Waals surface area contributed by atoms with Crippen molar-refractivity contribution in [2.45, 2.75) is 65.1 Å². The average molecular weight is 228 g/mol. The van der Waals surface area contributed by atoms with Gasteiger partial charge in [-0.2, -0.15) is 0 Å².